The quantitative estimate of drug-likeness (QED) is 0.718. The highest BCUT2D eigenvalue weighted by atomic mass is 16.1. The molecule has 2 aromatic heterocycles. The first kappa shape index (κ1) is 18.3. The van der Waals surface area contributed by atoms with Gasteiger partial charge < -0.3 is 5.32 Å². The summed E-state index contributed by atoms with van der Waals surface area (Å²) in [4.78, 5) is 23.5. The van der Waals surface area contributed by atoms with Crippen molar-refractivity contribution in [3.05, 3.63) is 89.5 Å². The number of amides is 1. The fourth-order valence-corrected chi connectivity index (χ4v) is 3.64. The summed E-state index contributed by atoms with van der Waals surface area (Å²) in [5, 5.41) is 3.06. The van der Waals surface area contributed by atoms with E-state index in [1.165, 1.54) is 16.7 Å². The summed E-state index contributed by atoms with van der Waals surface area (Å²) in [5.41, 5.74) is 5.51. The van der Waals surface area contributed by atoms with Crippen molar-refractivity contribution in [2.24, 2.45) is 0 Å². The minimum atomic E-state index is 0.00701. The van der Waals surface area contributed by atoms with E-state index in [2.05, 4.69) is 44.5 Å². The zero-order chi connectivity index (χ0) is 19.2. The molecule has 28 heavy (non-hydrogen) atoms. The Labute approximate surface area is 165 Å². The van der Waals surface area contributed by atoms with Crippen LogP contribution in [0.5, 0.6) is 0 Å². The predicted molar refractivity (Wildman–Crippen MR) is 110 cm³/mol. The van der Waals surface area contributed by atoms with Crippen molar-refractivity contribution in [3.8, 4) is 0 Å². The van der Waals surface area contributed by atoms with Gasteiger partial charge in [0.25, 0.3) is 0 Å². The summed E-state index contributed by atoms with van der Waals surface area (Å²) in [6, 6.07) is 16.3. The molecule has 0 radical (unpaired) electrons. The predicted octanol–water partition coefficient (Wildman–Crippen LogP) is 3.61. The molecular formula is C23H24N4O. The van der Waals surface area contributed by atoms with Gasteiger partial charge in [0.15, 0.2) is 0 Å². The summed E-state index contributed by atoms with van der Waals surface area (Å²) in [7, 11) is 0. The number of pyridine rings is 2. The number of benzene rings is 1. The molecule has 5 heteroatoms. The van der Waals surface area contributed by atoms with Gasteiger partial charge in [0.1, 0.15) is 0 Å². The Bertz CT molecular complexity index is 928. The third-order valence-corrected chi connectivity index (χ3v) is 5.08. The molecule has 0 aliphatic carbocycles. The monoisotopic (exact) mass is 372 g/mol. The molecule has 5 nitrogen and oxygen atoms in total. The van der Waals surface area contributed by atoms with E-state index in [0.717, 1.165) is 37.4 Å². The van der Waals surface area contributed by atoms with E-state index in [9.17, 15) is 4.79 Å². The van der Waals surface area contributed by atoms with Crippen molar-refractivity contribution in [3.63, 3.8) is 0 Å². The van der Waals surface area contributed by atoms with Crippen LogP contribution in [0.1, 0.15) is 28.8 Å². The molecular weight excluding hydrogens is 348 g/mol. The molecule has 0 atom stereocenters. The molecule has 3 heterocycles. The van der Waals surface area contributed by atoms with Gasteiger partial charge in [-0.25, -0.2) is 0 Å². The summed E-state index contributed by atoms with van der Waals surface area (Å²) in [6.07, 6.45) is 7.42. The molecule has 3 aromatic rings. The first-order valence-electron chi connectivity index (χ1n) is 9.70. The molecule has 1 N–H and O–H groups in total. The van der Waals surface area contributed by atoms with Crippen molar-refractivity contribution in [2.45, 2.75) is 32.4 Å². The van der Waals surface area contributed by atoms with Crippen LogP contribution < -0.4 is 5.32 Å². The van der Waals surface area contributed by atoms with Crippen molar-refractivity contribution < 1.29 is 4.79 Å². The molecule has 0 fully saturated rings. The number of nitrogens with zero attached hydrogens (tertiary/aromatic N) is 3. The molecule has 1 aromatic carbocycles. The molecule has 0 saturated heterocycles. The number of fused-ring (bicyclic) bond motifs is 1. The number of rotatable bonds is 6. The minimum Gasteiger partial charge on any atom is -0.324 e. The van der Waals surface area contributed by atoms with Gasteiger partial charge in [0.05, 0.1) is 11.9 Å². The van der Waals surface area contributed by atoms with E-state index in [1.54, 1.807) is 12.4 Å². The number of anilines is 1. The van der Waals surface area contributed by atoms with Crippen LogP contribution in [-0.4, -0.2) is 27.3 Å². The van der Waals surface area contributed by atoms with E-state index in [4.69, 9.17) is 0 Å². The van der Waals surface area contributed by atoms with Gasteiger partial charge in [0.2, 0.25) is 5.91 Å². The number of hydrogen-bond donors (Lipinski definition) is 1. The fourth-order valence-electron chi connectivity index (χ4n) is 3.64. The summed E-state index contributed by atoms with van der Waals surface area (Å²) in [5.74, 6) is 0.00701. The van der Waals surface area contributed by atoms with Crippen LogP contribution in [0.25, 0.3) is 0 Å². The van der Waals surface area contributed by atoms with Crippen molar-refractivity contribution >= 4 is 11.6 Å². The van der Waals surface area contributed by atoms with E-state index in [0.29, 0.717) is 12.8 Å². The molecule has 1 amide bonds. The highest BCUT2D eigenvalue weighted by Gasteiger charge is 2.20. The van der Waals surface area contributed by atoms with E-state index in [1.807, 2.05) is 30.5 Å². The average molecular weight is 372 g/mol. The Morgan fingerprint density at radius 1 is 1.07 bits per heavy atom. The Morgan fingerprint density at radius 2 is 1.93 bits per heavy atom. The van der Waals surface area contributed by atoms with Gasteiger partial charge >= 0.3 is 0 Å². The zero-order valence-corrected chi connectivity index (χ0v) is 15.8. The molecule has 0 spiro atoms. The van der Waals surface area contributed by atoms with Crippen LogP contribution >= 0.6 is 0 Å². The zero-order valence-electron chi connectivity index (χ0n) is 15.8. The minimum absolute atomic E-state index is 0.00701. The number of nitrogens with one attached hydrogen (secondary N) is 1. The Morgan fingerprint density at radius 3 is 2.75 bits per heavy atom. The van der Waals surface area contributed by atoms with Gasteiger partial charge in [-0.3, -0.25) is 19.7 Å². The van der Waals surface area contributed by atoms with Gasteiger partial charge in [-0.15, -0.1) is 0 Å². The summed E-state index contributed by atoms with van der Waals surface area (Å²) in [6.45, 7) is 2.76. The summed E-state index contributed by atoms with van der Waals surface area (Å²) < 4.78 is 0. The smallest absolute Gasteiger partial charge is 0.224 e. The van der Waals surface area contributed by atoms with Crippen LogP contribution in [0, 0.1) is 0 Å². The van der Waals surface area contributed by atoms with Gasteiger partial charge in [0, 0.05) is 44.1 Å². The summed E-state index contributed by atoms with van der Waals surface area (Å²) >= 11 is 0. The molecule has 142 valence electrons. The molecule has 0 saturated carbocycles. The second kappa shape index (κ2) is 8.76. The largest absolute Gasteiger partial charge is 0.324 e. The van der Waals surface area contributed by atoms with Crippen LogP contribution in [0.3, 0.4) is 0 Å². The lowest BCUT2D eigenvalue weighted by Gasteiger charge is -2.29. The first-order valence-corrected chi connectivity index (χ1v) is 9.70. The third-order valence-electron chi connectivity index (χ3n) is 5.08. The highest BCUT2D eigenvalue weighted by Crippen LogP contribution is 2.26. The second-order valence-corrected chi connectivity index (χ2v) is 7.14. The molecule has 0 unspecified atom stereocenters. The molecule has 1 aliphatic rings. The number of carbonyl (C=O) groups excluding carboxylic acids is 1. The number of hydrogen-bond acceptors (Lipinski definition) is 4. The van der Waals surface area contributed by atoms with Gasteiger partial charge in [-0.2, -0.15) is 0 Å². The van der Waals surface area contributed by atoms with E-state index in [-0.39, 0.29) is 5.91 Å². The van der Waals surface area contributed by atoms with E-state index < -0.39 is 0 Å². The number of aryl methyl sites for hydroxylation is 1. The first-order chi connectivity index (χ1) is 13.8. The Hall–Kier alpha value is -3.05. The van der Waals surface area contributed by atoms with Crippen LogP contribution in [0.4, 0.5) is 5.69 Å². The van der Waals surface area contributed by atoms with Gasteiger partial charge in [-0.1, -0.05) is 36.4 Å². The lowest BCUT2D eigenvalue weighted by atomic mass is 9.99. The van der Waals surface area contributed by atoms with Gasteiger partial charge in [-0.05, 0) is 41.7 Å². The maximum Gasteiger partial charge on any atom is 0.224 e. The molecule has 1 aliphatic heterocycles. The average Bonchev–Trinajstić information content (AvgIpc) is 2.74. The molecule has 0 bridgehead atoms. The van der Waals surface area contributed by atoms with E-state index >= 15 is 0 Å². The van der Waals surface area contributed by atoms with Crippen LogP contribution in [-0.2, 0) is 30.7 Å². The normalized spacial score (nSPS) is 13.7. The van der Waals surface area contributed by atoms with Crippen LogP contribution in [0.15, 0.2) is 67.1 Å². The SMILES string of the molecule is O=C(CCc1ccccn1)Nc1cncc2c1CCN(Cc1ccccc1)C2. The van der Waals surface area contributed by atoms with Crippen molar-refractivity contribution in [1.29, 1.82) is 0 Å². The number of aromatic nitrogens is 2. The lowest BCUT2D eigenvalue weighted by Crippen LogP contribution is -2.31. The topological polar surface area (TPSA) is 58.1 Å². The Kier molecular flexibility index (Phi) is 5.73. The maximum atomic E-state index is 12.4. The standard InChI is InChI=1S/C23H24N4O/c28-23(10-9-20-8-4-5-12-25-20)26-22-15-24-14-19-17-27(13-11-21(19)22)16-18-6-2-1-3-7-18/h1-8,12,14-15H,9-11,13,16-17H2,(H,26,28). The lowest BCUT2D eigenvalue weighted by molar-refractivity contribution is -0.116. The van der Waals surface area contributed by atoms with Crippen LogP contribution in [0.2, 0.25) is 0 Å². The number of carbonyl (C=O) groups is 1. The Balaban J connectivity index is 1.38. The highest BCUT2D eigenvalue weighted by molar-refractivity contribution is 5.91. The maximum absolute atomic E-state index is 12.4. The van der Waals surface area contributed by atoms with Crippen molar-refractivity contribution in [2.75, 3.05) is 11.9 Å². The fraction of sp³-hybridized carbons (Fsp3) is 0.261. The second-order valence-electron chi connectivity index (χ2n) is 7.14. The van der Waals surface area contributed by atoms with Crippen molar-refractivity contribution in [1.82, 2.24) is 14.9 Å². The third kappa shape index (κ3) is 4.61. The molecule has 4 rings (SSSR count).